The molecule has 1 aliphatic rings. The summed E-state index contributed by atoms with van der Waals surface area (Å²) in [4.78, 5) is 15.3. The largest absolute Gasteiger partial charge is 0.381 e. The second kappa shape index (κ2) is 9.18. The number of hydrogen-bond donors (Lipinski definition) is 1. The molecule has 0 saturated carbocycles. The zero-order chi connectivity index (χ0) is 16.7. The minimum absolute atomic E-state index is 0.00702. The van der Waals surface area contributed by atoms with Crippen LogP contribution in [0.1, 0.15) is 25.3 Å². The molecule has 0 aliphatic carbocycles. The Kier molecular flexibility index (Phi) is 7.24. The van der Waals surface area contributed by atoms with Gasteiger partial charge in [-0.15, -0.1) is 11.8 Å². The van der Waals surface area contributed by atoms with Crippen LogP contribution in [0.3, 0.4) is 0 Å². The molecule has 2 rings (SSSR count). The van der Waals surface area contributed by atoms with Crippen molar-refractivity contribution in [3.8, 4) is 0 Å². The number of urea groups is 1. The standard InChI is InChI=1S/C18H28N2O2S/c1-14-6-8-17(9-7-14)23-13-15(2)19-18(21)20(3)11-16-5-4-10-22-12-16/h6-9,15-16H,4-5,10-13H2,1-3H3,(H,19,21)/t15-,16+/m1/s1. The third-order valence-corrected chi connectivity index (χ3v) is 5.30. The zero-order valence-electron chi connectivity index (χ0n) is 14.4. The number of nitrogens with one attached hydrogen (secondary N) is 1. The number of ether oxygens (including phenoxy) is 1. The first-order valence-corrected chi connectivity index (χ1v) is 9.32. The van der Waals surface area contributed by atoms with Gasteiger partial charge in [0.15, 0.2) is 0 Å². The second-order valence-corrected chi connectivity index (χ2v) is 7.53. The molecule has 0 aromatic heterocycles. The van der Waals surface area contributed by atoms with Crippen LogP contribution in [0, 0.1) is 12.8 Å². The van der Waals surface area contributed by atoms with E-state index in [0.29, 0.717) is 5.92 Å². The lowest BCUT2D eigenvalue weighted by molar-refractivity contribution is 0.0457. The van der Waals surface area contributed by atoms with Crippen molar-refractivity contribution in [2.75, 3.05) is 32.6 Å². The van der Waals surface area contributed by atoms with Crippen LogP contribution in [-0.2, 0) is 4.74 Å². The molecule has 2 atom stereocenters. The summed E-state index contributed by atoms with van der Waals surface area (Å²) < 4.78 is 5.48. The van der Waals surface area contributed by atoms with E-state index in [1.54, 1.807) is 16.7 Å². The summed E-state index contributed by atoms with van der Waals surface area (Å²) in [5.41, 5.74) is 1.27. The third-order valence-electron chi connectivity index (χ3n) is 4.02. The minimum Gasteiger partial charge on any atom is -0.381 e. The van der Waals surface area contributed by atoms with Crippen molar-refractivity contribution in [3.63, 3.8) is 0 Å². The fraction of sp³-hybridized carbons (Fsp3) is 0.611. The number of benzene rings is 1. The van der Waals surface area contributed by atoms with Crippen molar-refractivity contribution >= 4 is 17.8 Å². The van der Waals surface area contributed by atoms with Crippen LogP contribution in [0.2, 0.25) is 0 Å². The number of carbonyl (C=O) groups excluding carboxylic acids is 1. The van der Waals surface area contributed by atoms with Crippen LogP contribution in [0.5, 0.6) is 0 Å². The van der Waals surface area contributed by atoms with Crippen molar-refractivity contribution < 1.29 is 9.53 Å². The molecule has 1 aliphatic heterocycles. The van der Waals surface area contributed by atoms with Gasteiger partial charge in [-0.3, -0.25) is 0 Å². The molecule has 1 N–H and O–H groups in total. The maximum atomic E-state index is 12.2. The quantitative estimate of drug-likeness (QED) is 0.808. The lowest BCUT2D eigenvalue weighted by Gasteiger charge is -2.28. The van der Waals surface area contributed by atoms with Gasteiger partial charge in [0.25, 0.3) is 0 Å². The first-order valence-electron chi connectivity index (χ1n) is 8.33. The maximum Gasteiger partial charge on any atom is 0.317 e. The van der Waals surface area contributed by atoms with Crippen LogP contribution in [0.15, 0.2) is 29.2 Å². The summed E-state index contributed by atoms with van der Waals surface area (Å²) in [5.74, 6) is 1.34. The summed E-state index contributed by atoms with van der Waals surface area (Å²) in [6.45, 7) is 6.54. The molecule has 23 heavy (non-hydrogen) atoms. The van der Waals surface area contributed by atoms with Crippen molar-refractivity contribution in [2.45, 2.75) is 37.6 Å². The summed E-state index contributed by atoms with van der Waals surface area (Å²) in [6.07, 6.45) is 2.25. The molecule has 1 fully saturated rings. The van der Waals surface area contributed by atoms with Crippen molar-refractivity contribution in [1.82, 2.24) is 10.2 Å². The van der Waals surface area contributed by atoms with Gasteiger partial charge >= 0.3 is 6.03 Å². The molecule has 5 heteroatoms. The van der Waals surface area contributed by atoms with Gasteiger partial charge in [-0.25, -0.2) is 4.79 Å². The van der Waals surface area contributed by atoms with Gasteiger partial charge < -0.3 is 15.0 Å². The van der Waals surface area contributed by atoms with Gasteiger partial charge in [-0.1, -0.05) is 17.7 Å². The number of aryl methyl sites for hydroxylation is 1. The van der Waals surface area contributed by atoms with E-state index in [0.717, 1.165) is 38.4 Å². The highest BCUT2D eigenvalue weighted by molar-refractivity contribution is 7.99. The topological polar surface area (TPSA) is 41.6 Å². The van der Waals surface area contributed by atoms with Gasteiger partial charge in [-0.05, 0) is 38.8 Å². The van der Waals surface area contributed by atoms with Crippen LogP contribution in [-0.4, -0.2) is 49.5 Å². The molecule has 128 valence electrons. The third kappa shape index (κ3) is 6.43. The molecule has 0 spiro atoms. The molecule has 1 aromatic rings. The van der Waals surface area contributed by atoms with Gasteiger partial charge in [0, 0.05) is 42.8 Å². The van der Waals surface area contributed by atoms with Crippen LogP contribution >= 0.6 is 11.8 Å². The van der Waals surface area contributed by atoms with E-state index in [4.69, 9.17) is 4.74 Å². The monoisotopic (exact) mass is 336 g/mol. The van der Waals surface area contributed by atoms with Crippen LogP contribution < -0.4 is 5.32 Å². The first kappa shape index (κ1) is 18.1. The SMILES string of the molecule is Cc1ccc(SC[C@@H](C)NC(=O)N(C)C[C@@H]2CCCOC2)cc1. The number of thioether (sulfide) groups is 1. The van der Waals surface area contributed by atoms with E-state index in [1.807, 2.05) is 7.05 Å². The van der Waals surface area contributed by atoms with E-state index in [2.05, 4.69) is 43.4 Å². The average molecular weight is 337 g/mol. The molecule has 0 bridgehead atoms. The Bertz CT molecular complexity index is 486. The zero-order valence-corrected chi connectivity index (χ0v) is 15.2. The Hall–Kier alpha value is -1.20. The Morgan fingerprint density at radius 3 is 2.83 bits per heavy atom. The Morgan fingerprint density at radius 2 is 2.17 bits per heavy atom. The number of hydrogen-bond acceptors (Lipinski definition) is 3. The first-order chi connectivity index (χ1) is 11.0. The Balaban J connectivity index is 1.69. The fourth-order valence-electron chi connectivity index (χ4n) is 2.64. The van der Waals surface area contributed by atoms with Gasteiger partial charge in [-0.2, -0.15) is 0 Å². The van der Waals surface area contributed by atoms with Crippen molar-refractivity contribution in [1.29, 1.82) is 0 Å². The molecule has 1 aromatic carbocycles. The predicted molar refractivity (Wildman–Crippen MR) is 96.1 cm³/mol. The lowest BCUT2D eigenvalue weighted by atomic mass is 10.0. The smallest absolute Gasteiger partial charge is 0.317 e. The number of rotatable bonds is 6. The molecule has 1 saturated heterocycles. The highest BCUT2D eigenvalue weighted by atomic mass is 32.2. The lowest BCUT2D eigenvalue weighted by Crippen LogP contribution is -2.45. The number of nitrogens with zero attached hydrogens (tertiary/aromatic N) is 1. The summed E-state index contributed by atoms with van der Waals surface area (Å²) in [6, 6.07) is 8.64. The molecule has 1 heterocycles. The molecular formula is C18H28N2O2S. The maximum absolute atomic E-state index is 12.2. The molecule has 0 radical (unpaired) electrons. The van der Waals surface area contributed by atoms with E-state index in [-0.39, 0.29) is 12.1 Å². The van der Waals surface area contributed by atoms with Crippen LogP contribution in [0.4, 0.5) is 4.79 Å². The molecule has 0 unspecified atom stereocenters. The number of amides is 2. The van der Waals surface area contributed by atoms with Gasteiger partial charge in [0.2, 0.25) is 0 Å². The van der Waals surface area contributed by atoms with E-state index in [1.165, 1.54) is 10.5 Å². The van der Waals surface area contributed by atoms with Crippen LogP contribution in [0.25, 0.3) is 0 Å². The Labute approximate surface area is 144 Å². The van der Waals surface area contributed by atoms with E-state index >= 15 is 0 Å². The fourth-order valence-corrected chi connectivity index (χ4v) is 3.49. The predicted octanol–water partition coefficient (Wildman–Crippen LogP) is 3.54. The van der Waals surface area contributed by atoms with Gasteiger partial charge in [0.1, 0.15) is 0 Å². The minimum atomic E-state index is 0.00702. The van der Waals surface area contributed by atoms with Crippen molar-refractivity contribution in [3.05, 3.63) is 29.8 Å². The molecule has 4 nitrogen and oxygen atoms in total. The molecule has 2 amide bonds. The highest BCUT2D eigenvalue weighted by Crippen LogP contribution is 2.19. The molecular weight excluding hydrogens is 308 g/mol. The normalized spacial score (nSPS) is 19.2. The summed E-state index contributed by atoms with van der Waals surface area (Å²) >= 11 is 1.77. The van der Waals surface area contributed by atoms with E-state index in [9.17, 15) is 4.79 Å². The average Bonchev–Trinajstić information content (AvgIpc) is 2.55. The van der Waals surface area contributed by atoms with E-state index < -0.39 is 0 Å². The Morgan fingerprint density at radius 1 is 1.43 bits per heavy atom. The summed E-state index contributed by atoms with van der Waals surface area (Å²) in [5, 5.41) is 3.08. The number of carbonyl (C=O) groups is 1. The summed E-state index contributed by atoms with van der Waals surface area (Å²) in [7, 11) is 1.86. The van der Waals surface area contributed by atoms with Gasteiger partial charge in [0.05, 0.1) is 6.61 Å². The van der Waals surface area contributed by atoms with Crippen molar-refractivity contribution in [2.24, 2.45) is 5.92 Å². The second-order valence-electron chi connectivity index (χ2n) is 6.44. The highest BCUT2D eigenvalue weighted by Gasteiger charge is 2.19.